The van der Waals surface area contributed by atoms with Gasteiger partial charge in [-0.05, 0) is 44.5 Å². The van der Waals surface area contributed by atoms with Crippen molar-refractivity contribution >= 4 is 27.6 Å². The third kappa shape index (κ3) is 6.09. The Hall–Kier alpha value is -1.31. The van der Waals surface area contributed by atoms with Crippen LogP contribution in [0.5, 0.6) is 0 Å². The maximum Gasteiger partial charge on any atom is 0.191 e. The molecule has 27 heavy (non-hydrogen) atoms. The number of hydrogen-bond acceptors (Lipinski definition) is 4. The van der Waals surface area contributed by atoms with Gasteiger partial charge in [0.1, 0.15) is 0 Å². The van der Waals surface area contributed by atoms with Crippen LogP contribution < -0.4 is 15.5 Å². The molecule has 0 saturated carbocycles. The molecule has 0 amide bonds. The van der Waals surface area contributed by atoms with Crippen molar-refractivity contribution < 1.29 is 4.74 Å². The fraction of sp³-hybridized carbons (Fsp3) is 0.650. The Kier molecular flexibility index (Phi) is 7.79. The van der Waals surface area contributed by atoms with Gasteiger partial charge >= 0.3 is 0 Å². The number of rotatable bonds is 6. The van der Waals surface area contributed by atoms with Crippen LogP contribution in [-0.2, 0) is 4.74 Å². The first-order valence-corrected chi connectivity index (χ1v) is 10.8. The molecular weight excluding hydrogens is 406 g/mol. The highest BCUT2D eigenvalue weighted by Crippen LogP contribution is 2.22. The smallest absolute Gasteiger partial charge is 0.191 e. The molecule has 0 aliphatic carbocycles. The Morgan fingerprint density at radius 2 is 2.00 bits per heavy atom. The number of benzene rings is 1. The largest absolute Gasteiger partial charge is 0.379 e. The van der Waals surface area contributed by atoms with Crippen LogP contribution in [-0.4, -0.2) is 75.4 Å². The zero-order chi connectivity index (χ0) is 19.1. The van der Waals surface area contributed by atoms with Crippen LogP contribution in [0.1, 0.15) is 20.3 Å². The Morgan fingerprint density at radius 3 is 2.70 bits per heavy atom. The number of halogens is 1. The minimum atomic E-state index is 0.421. The summed E-state index contributed by atoms with van der Waals surface area (Å²) in [5.41, 5.74) is 1.28. The molecule has 2 saturated heterocycles. The molecule has 150 valence electrons. The Labute approximate surface area is 171 Å². The van der Waals surface area contributed by atoms with Crippen LogP contribution in [0.15, 0.2) is 33.7 Å². The molecule has 2 aliphatic rings. The van der Waals surface area contributed by atoms with Gasteiger partial charge in [0, 0.05) is 55.0 Å². The summed E-state index contributed by atoms with van der Waals surface area (Å²) >= 11 is 3.51. The molecule has 0 aromatic heterocycles. The molecule has 2 fully saturated rings. The summed E-state index contributed by atoms with van der Waals surface area (Å²) < 4.78 is 6.57. The van der Waals surface area contributed by atoms with Crippen molar-refractivity contribution in [1.29, 1.82) is 0 Å². The number of nitrogens with zero attached hydrogens (tertiary/aromatic N) is 3. The van der Waals surface area contributed by atoms with Gasteiger partial charge in [-0.15, -0.1) is 0 Å². The summed E-state index contributed by atoms with van der Waals surface area (Å²) in [6.45, 7) is 11.8. The Morgan fingerprint density at radius 1 is 1.26 bits per heavy atom. The second kappa shape index (κ2) is 10.3. The molecule has 1 aromatic carbocycles. The molecule has 2 aliphatic heterocycles. The number of morpholine rings is 1. The van der Waals surface area contributed by atoms with Gasteiger partial charge in [0.25, 0.3) is 0 Å². The number of nitrogens with one attached hydrogen (secondary N) is 2. The van der Waals surface area contributed by atoms with Gasteiger partial charge in [0.2, 0.25) is 0 Å². The second-order valence-corrected chi connectivity index (χ2v) is 8.19. The number of aliphatic imine (C=N–C) groups is 1. The summed E-state index contributed by atoms with van der Waals surface area (Å²) in [5, 5.41) is 7.03. The van der Waals surface area contributed by atoms with Crippen molar-refractivity contribution in [1.82, 2.24) is 15.5 Å². The minimum Gasteiger partial charge on any atom is -0.379 e. The van der Waals surface area contributed by atoms with E-state index in [2.05, 4.69) is 74.5 Å². The van der Waals surface area contributed by atoms with E-state index in [1.165, 1.54) is 5.69 Å². The van der Waals surface area contributed by atoms with E-state index >= 15 is 0 Å². The van der Waals surface area contributed by atoms with E-state index in [1.807, 2.05) is 0 Å². The zero-order valence-corrected chi connectivity index (χ0v) is 18.0. The highest BCUT2D eigenvalue weighted by Gasteiger charge is 2.24. The third-order valence-corrected chi connectivity index (χ3v) is 5.78. The van der Waals surface area contributed by atoms with Gasteiger partial charge in [0.15, 0.2) is 5.96 Å². The van der Waals surface area contributed by atoms with E-state index in [1.54, 1.807) is 0 Å². The van der Waals surface area contributed by atoms with Crippen LogP contribution in [0.25, 0.3) is 0 Å². The normalized spacial score (nSPS) is 22.7. The van der Waals surface area contributed by atoms with E-state index in [4.69, 9.17) is 9.73 Å². The fourth-order valence-electron chi connectivity index (χ4n) is 3.63. The number of anilines is 1. The van der Waals surface area contributed by atoms with Crippen LogP contribution in [0.3, 0.4) is 0 Å². The Bertz CT molecular complexity index is 603. The monoisotopic (exact) mass is 437 g/mol. The highest BCUT2D eigenvalue weighted by atomic mass is 79.9. The molecule has 2 unspecified atom stereocenters. The summed E-state index contributed by atoms with van der Waals surface area (Å²) in [4.78, 5) is 9.74. The van der Waals surface area contributed by atoms with Crippen molar-refractivity contribution in [3.8, 4) is 0 Å². The summed E-state index contributed by atoms with van der Waals surface area (Å²) in [7, 11) is 0. The lowest BCUT2D eigenvalue weighted by atomic mass is 10.2. The van der Waals surface area contributed by atoms with E-state index in [0.717, 1.165) is 69.3 Å². The van der Waals surface area contributed by atoms with Crippen molar-refractivity contribution in [3.63, 3.8) is 0 Å². The first-order chi connectivity index (χ1) is 13.2. The van der Waals surface area contributed by atoms with Crippen molar-refractivity contribution in [3.05, 3.63) is 28.7 Å². The minimum absolute atomic E-state index is 0.421. The predicted molar refractivity (Wildman–Crippen MR) is 116 cm³/mol. The average molecular weight is 438 g/mol. The molecule has 1 aromatic rings. The van der Waals surface area contributed by atoms with Crippen LogP contribution in [0, 0.1) is 0 Å². The van der Waals surface area contributed by atoms with Gasteiger partial charge in [-0.25, -0.2) is 0 Å². The summed E-state index contributed by atoms with van der Waals surface area (Å²) in [6.07, 6.45) is 1.12. The second-order valence-electron chi connectivity index (χ2n) is 7.27. The molecule has 7 heteroatoms. The lowest BCUT2D eigenvalue weighted by Gasteiger charge is -2.31. The lowest BCUT2D eigenvalue weighted by Crippen LogP contribution is -2.46. The highest BCUT2D eigenvalue weighted by molar-refractivity contribution is 9.10. The maximum atomic E-state index is 5.45. The SMILES string of the molecule is CCNC(=NCC(C)N1CCOCC1)NC1CCN(c2ccc(Br)cc2)C1. The van der Waals surface area contributed by atoms with E-state index < -0.39 is 0 Å². The summed E-state index contributed by atoms with van der Waals surface area (Å²) in [5.74, 6) is 0.931. The van der Waals surface area contributed by atoms with E-state index in [-0.39, 0.29) is 0 Å². The zero-order valence-electron chi connectivity index (χ0n) is 16.5. The van der Waals surface area contributed by atoms with Gasteiger partial charge in [-0.1, -0.05) is 15.9 Å². The molecule has 2 heterocycles. The van der Waals surface area contributed by atoms with Crippen LogP contribution in [0.4, 0.5) is 5.69 Å². The number of ether oxygens (including phenoxy) is 1. The molecule has 6 nitrogen and oxygen atoms in total. The van der Waals surface area contributed by atoms with E-state index in [0.29, 0.717) is 12.1 Å². The van der Waals surface area contributed by atoms with Crippen molar-refractivity contribution in [2.45, 2.75) is 32.4 Å². The fourth-order valence-corrected chi connectivity index (χ4v) is 3.90. The molecule has 2 N–H and O–H groups in total. The lowest BCUT2D eigenvalue weighted by molar-refractivity contribution is 0.0220. The quantitative estimate of drug-likeness (QED) is 0.528. The van der Waals surface area contributed by atoms with E-state index in [9.17, 15) is 0 Å². The van der Waals surface area contributed by atoms with Crippen LogP contribution >= 0.6 is 15.9 Å². The molecule has 0 radical (unpaired) electrons. The standard InChI is InChI=1S/C20H32BrN5O/c1-3-22-20(23-14-16(2)25-10-12-27-13-11-25)24-18-8-9-26(15-18)19-6-4-17(21)5-7-19/h4-7,16,18H,3,8-15H2,1-2H3,(H2,22,23,24). The van der Waals surface area contributed by atoms with Gasteiger partial charge in [-0.3, -0.25) is 9.89 Å². The topological polar surface area (TPSA) is 52.1 Å². The maximum absolute atomic E-state index is 5.45. The molecule has 0 bridgehead atoms. The first kappa shape index (κ1) is 20.4. The average Bonchev–Trinajstić information content (AvgIpc) is 3.16. The molecular formula is C20H32BrN5O. The Balaban J connectivity index is 1.52. The number of hydrogen-bond donors (Lipinski definition) is 2. The van der Waals surface area contributed by atoms with Gasteiger partial charge in [0.05, 0.1) is 19.8 Å². The van der Waals surface area contributed by atoms with Gasteiger partial charge < -0.3 is 20.3 Å². The van der Waals surface area contributed by atoms with Crippen LogP contribution in [0.2, 0.25) is 0 Å². The van der Waals surface area contributed by atoms with Gasteiger partial charge in [-0.2, -0.15) is 0 Å². The molecule has 2 atom stereocenters. The number of guanidine groups is 1. The first-order valence-electron chi connectivity index (χ1n) is 10.0. The molecule has 3 rings (SSSR count). The predicted octanol–water partition coefficient (Wildman–Crippen LogP) is 2.30. The summed E-state index contributed by atoms with van der Waals surface area (Å²) in [6, 6.07) is 9.42. The molecule has 0 spiro atoms. The third-order valence-electron chi connectivity index (χ3n) is 5.25. The van der Waals surface area contributed by atoms with Crippen molar-refractivity contribution in [2.75, 3.05) is 57.4 Å². The van der Waals surface area contributed by atoms with Crippen molar-refractivity contribution in [2.24, 2.45) is 4.99 Å².